The van der Waals surface area contributed by atoms with E-state index in [1.807, 2.05) is 30.3 Å². The number of pyridine rings is 1. The van der Waals surface area contributed by atoms with Crippen LogP contribution in [-0.4, -0.2) is 23.1 Å². The Kier molecular flexibility index (Phi) is 6.49. The Morgan fingerprint density at radius 1 is 1.09 bits per heavy atom. The number of aromatic nitrogens is 1. The summed E-state index contributed by atoms with van der Waals surface area (Å²) in [5, 5.41) is 14.0. The first-order chi connectivity index (χ1) is 16.4. The van der Waals surface area contributed by atoms with Gasteiger partial charge in [0, 0.05) is 29.8 Å². The van der Waals surface area contributed by atoms with E-state index in [1.165, 1.54) is 19.4 Å². The highest BCUT2D eigenvalue weighted by Gasteiger charge is 2.17. The van der Waals surface area contributed by atoms with Crippen LogP contribution in [0.25, 0.3) is 10.9 Å². The van der Waals surface area contributed by atoms with Crippen molar-refractivity contribution in [3.8, 4) is 17.2 Å². The van der Waals surface area contributed by atoms with E-state index in [2.05, 4.69) is 10.3 Å². The largest absolute Gasteiger partial charge is 0.494 e. The van der Waals surface area contributed by atoms with Gasteiger partial charge in [-0.05, 0) is 23.8 Å². The molecule has 9 nitrogen and oxygen atoms in total. The van der Waals surface area contributed by atoms with Crippen molar-refractivity contribution in [2.45, 2.75) is 6.61 Å². The monoisotopic (exact) mass is 463 g/mol. The Bertz CT molecular complexity index is 1360. The van der Waals surface area contributed by atoms with Crippen LogP contribution < -0.4 is 14.8 Å². The number of nitro benzene ring substituents is 1. The highest BCUT2D eigenvalue weighted by Crippen LogP contribution is 2.36. The van der Waals surface area contributed by atoms with Gasteiger partial charge in [0.15, 0.2) is 0 Å². The van der Waals surface area contributed by atoms with Crippen LogP contribution in [0.2, 0.25) is 0 Å². The number of anilines is 1. The third-order valence-corrected chi connectivity index (χ3v) is 4.82. The summed E-state index contributed by atoms with van der Waals surface area (Å²) < 4.78 is 30.4. The van der Waals surface area contributed by atoms with E-state index in [9.17, 15) is 19.3 Å². The number of rotatable bonds is 7. The van der Waals surface area contributed by atoms with Crippen molar-refractivity contribution in [1.82, 2.24) is 4.98 Å². The van der Waals surface area contributed by atoms with Gasteiger partial charge in [0.2, 0.25) is 5.82 Å². The van der Waals surface area contributed by atoms with E-state index < -0.39 is 22.5 Å². The van der Waals surface area contributed by atoms with Crippen LogP contribution in [-0.2, 0) is 11.3 Å². The summed E-state index contributed by atoms with van der Waals surface area (Å²) in [6.07, 6.45) is 0.797. The molecule has 0 radical (unpaired) electrons. The number of nitro groups is 1. The molecule has 34 heavy (non-hydrogen) atoms. The average molecular weight is 463 g/mol. The van der Waals surface area contributed by atoms with Gasteiger partial charge in [-0.2, -0.15) is 4.39 Å². The van der Waals surface area contributed by atoms with Crippen molar-refractivity contribution in [1.29, 1.82) is 0 Å². The van der Waals surface area contributed by atoms with Gasteiger partial charge in [-0.25, -0.2) is 4.79 Å². The molecule has 1 aromatic heterocycles. The molecule has 10 heteroatoms. The molecule has 1 amide bonds. The van der Waals surface area contributed by atoms with Crippen LogP contribution in [0.4, 0.5) is 20.6 Å². The van der Waals surface area contributed by atoms with E-state index >= 15 is 0 Å². The zero-order valence-electron chi connectivity index (χ0n) is 17.9. The fourth-order valence-corrected chi connectivity index (χ4v) is 3.20. The van der Waals surface area contributed by atoms with Gasteiger partial charge >= 0.3 is 11.8 Å². The van der Waals surface area contributed by atoms with Crippen molar-refractivity contribution >= 4 is 28.4 Å². The maximum atomic E-state index is 14.0. The average Bonchev–Trinajstić information content (AvgIpc) is 2.83. The molecular weight excluding hydrogens is 445 g/mol. The molecule has 4 rings (SSSR count). The van der Waals surface area contributed by atoms with Crippen molar-refractivity contribution < 1.29 is 28.3 Å². The predicted molar refractivity (Wildman–Crippen MR) is 122 cm³/mol. The van der Waals surface area contributed by atoms with Crippen molar-refractivity contribution in [2.75, 3.05) is 12.4 Å². The molecule has 0 aliphatic carbocycles. The van der Waals surface area contributed by atoms with E-state index in [1.54, 1.807) is 18.2 Å². The fourth-order valence-electron chi connectivity index (χ4n) is 3.20. The number of amides is 1. The molecule has 0 unspecified atom stereocenters. The summed E-state index contributed by atoms with van der Waals surface area (Å²) in [7, 11) is 1.45. The highest BCUT2D eigenvalue weighted by molar-refractivity contribution is 5.95. The number of hydrogen-bond donors (Lipinski definition) is 1. The fraction of sp³-hybridized carbons (Fsp3) is 0.0833. The van der Waals surface area contributed by atoms with Crippen LogP contribution in [0.15, 0.2) is 72.9 Å². The minimum absolute atomic E-state index is 0.0585. The van der Waals surface area contributed by atoms with E-state index in [0.717, 1.165) is 17.7 Å². The van der Waals surface area contributed by atoms with E-state index in [-0.39, 0.29) is 12.4 Å². The molecule has 1 N–H and O–H groups in total. The molecule has 0 aliphatic rings. The Morgan fingerprint density at radius 3 is 2.59 bits per heavy atom. The first kappa shape index (κ1) is 22.5. The number of fused-ring (bicyclic) bond motifs is 1. The number of hydrogen-bond acceptors (Lipinski definition) is 7. The molecule has 4 aromatic rings. The third kappa shape index (κ3) is 5.01. The Hall–Kier alpha value is -4.73. The Balaban J connectivity index is 1.60. The molecular formula is C24H18FN3O6. The number of halogens is 1. The lowest BCUT2D eigenvalue weighted by Crippen LogP contribution is -2.14. The molecule has 0 fully saturated rings. The normalized spacial score (nSPS) is 10.5. The van der Waals surface area contributed by atoms with Gasteiger partial charge in [-0.15, -0.1) is 0 Å². The second kappa shape index (κ2) is 9.82. The number of nitrogens with zero attached hydrogens (tertiary/aromatic N) is 2. The maximum absolute atomic E-state index is 14.0. The zero-order chi connectivity index (χ0) is 24.1. The number of carbonyl (C=O) groups is 1. The SMILES string of the molecule is COc1cc2nccc(Oc3ccc([N+](=O)[O-])c(F)c3)c2cc1NC(=O)OCc1ccccc1. The molecule has 0 saturated heterocycles. The van der Waals surface area contributed by atoms with Crippen LogP contribution >= 0.6 is 0 Å². The number of nitrogens with one attached hydrogen (secondary N) is 1. The van der Waals surface area contributed by atoms with Crippen LogP contribution in [0.3, 0.4) is 0 Å². The summed E-state index contributed by atoms with van der Waals surface area (Å²) in [5.41, 5.74) is 0.969. The summed E-state index contributed by atoms with van der Waals surface area (Å²) in [5.74, 6) is -0.328. The molecule has 0 atom stereocenters. The lowest BCUT2D eigenvalue weighted by molar-refractivity contribution is -0.387. The molecule has 3 aromatic carbocycles. The molecule has 172 valence electrons. The molecule has 0 aliphatic heterocycles. The Labute approximate surface area is 192 Å². The van der Waals surface area contributed by atoms with Crippen LogP contribution in [0.5, 0.6) is 17.2 Å². The summed E-state index contributed by atoms with van der Waals surface area (Å²) >= 11 is 0. The van der Waals surface area contributed by atoms with E-state index in [4.69, 9.17) is 14.2 Å². The summed E-state index contributed by atoms with van der Waals surface area (Å²) in [6.45, 7) is 0.0875. The van der Waals surface area contributed by atoms with Gasteiger partial charge in [0.1, 0.15) is 23.9 Å². The second-order valence-corrected chi connectivity index (χ2v) is 7.04. The lowest BCUT2D eigenvalue weighted by atomic mass is 10.1. The number of carbonyl (C=O) groups excluding carboxylic acids is 1. The minimum atomic E-state index is -1.02. The zero-order valence-corrected chi connectivity index (χ0v) is 17.9. The first-order valence-electron chi connectivity index (χ1n) is 10.0. The van der Waals surface area contributed by atoms with Gasteiger partial charge in [-0.3, -0.25) is 20.4 Å². The Morgan fingerprint density at radius 2 is 1.88 bits per heavy atom. The topological polar surface area (TPSA) is 113 Å². The van der Waals surface area contributed by atoms with Gasteiger partial charge in [0.05, 0.1) is 23.2 Å². The number of methoxy groups -OCH3 is 1. The second-order valence-electron chi connectivity index (χ2n) is 7.04. The van der Waals surface area contributed by atoms with Gasteiger partial charge in [0.25, 0.3) is 0 Å². The standard InChI is InChI=1S/C24H18FN3O6/c1-32-23-13-19-17(12-20(23)27-24(29)33-14-15-5-3-2-4-6-15)22(9-10-26-19)34-16-7-8-21(28(30)31)18(25)11-16/h2-13H,14H2,1H3,(H,27,29). The summed E-state index contributed by atoms with van der Waals surface area (Å²) in [4.78, 5) is 26.7. The smallest absolute Gasteiger partial charge is 0.412 e. The molecule has 0 saturated carbocycles. The molecule has 0 spiro atoms. The summed E-state index contributed by atoms with van der Waals surface area (Å²) in [6, 6.07) is 17.2. The van der Waals surface area contributed by atoms with Gasteiger partial charge < -0.3 is 14.2 Å². The highest BCUT2D eigenvalue weighted by atomic mass is 19.1. The quantitative estimate of drug-likeness (QED) is 0.271. The van der Waals surface area contributed by atoms with Crippen LogP contribution in [0, 0.1) is 15.9 Å². The maximum Gasteiger partial charge on any atom is 0.412 e. The van der Waals surface area contributed by atoms with Crippen molar-refractivity contribution in [3.63, 3.8) is 0 Å². The lowest BCUT2D eigenvalue weighted by Gasteiger charge is -2.14. The molecule has 1 heterocycles. The predicted octanol–water partition coefficient (Wildman–Crippen LogP) is 5.83. The molecule has 0 bridgehead atoms. The number of benzene rings is 3. The van der Waals surface area contributed by atoms with Crippen LogP contribution in [0.1, 0.15) is 5.56 Å². The third-order valence-electron chi connectivity index (χ3n) is 4.82. The van der Waals surface area contributed by atoms with Gasteiger partial charge in [-0.1, -0.05) is 30.3 Å². The van der Waals surface area contributed by atoms with Crippen molar-refractivity contribution in [3.05, 3.63) is 94.4 Å². The first-order valence-corrected chi connectivity index (χ1v) is 10.0. The number of ether oxygens (including phenoxy) is 3. The van der Waals surface area contributed by atoms with Crippen molar-refractivity contribution in [2.24, 2.45) is 0 Å². The van der Waals surface area contributed by atoms with E-state index in [0.29, 0.717) is 28.1 Å². The minimum Gasteiger partial charge on any atom is -0.494 e.